The minimum atomic E-state index is -1.66. The lowest BCUT2D eigenvalue weighted by Crippen LogP contribution is -2.60. The third-order valence-corrected chi connectivity index (χ3v) is 16.3. The third-order valence-electron chi connectivity index (χ3n) is 16.3. The van der Waals surface area contributed by atoms with E-state index in [1.807, 2.05) is 0 Å². The zero-order valence-corrected chi connectivity index (χ0v) is 50.2. The second kappa shape index (κ2) is 55.1. The molecule has 11 nitrogen and oxygen atoms in total. The van der Waals surface area contributed by atoms with Gasteiger partial charge >= 0.3 is 0 Å². The predicted molar refractivity (Wildman–Crippen MR) is 321 cm³/mol. The highest BCUT2D eigenvalue weighted by Crippen LogP contribution is 2.24. The molecule has 0 saturated carbocycles. The molecule has 1 rings (SSSR count). The number of unbranched alkanes of at least 4 members (excludes halogenated alkanes) is 42. The smallest absolute Gasteiger partial charge is 0.249 e. The SMILES string of the molecule is CCCCCCCCCCC/C=C\C/C=C\CCCCCCCCCCCCCCC(O)C(=O)NC(COC1OC(CO)C(O)C(O)C1O)C(O)C(O)CCCCCCCCCCCCCCCCCCCCCCCC. The van der Waals surface area contributed by atoms with Crippen molar-refractivity contribution < 1.29 is 50.0 Å². The number of allylic oxidation sites excluding steroid dienone is 4. The zero-order chi connectivity index (χ0) is 56.1. The highest BCUT2D eigenvalue weighted by Gasteiger charge is 2.44. The van der Waals surface area contributed by atoms with Crippen molar-refractivity contribution in [3.8, 4) is 0 Å². The summed E-state index contributed by atoms with van der Waals surface area (Å²) in [6.07, 6.45) is 56.7. The molecule has 11 heteroatoms. The van der Waals surface area contributed by atoms with Crippen LogP contribution in [0.4, 0.5) is 0 Å². The summed E-state index contributed by atoms with van der Waals surface area (Å²) in [6, 6.07) is -1.17. The number of aliphatic hydroxyl groups is 7. The van der Waals surface area contributed by atoms with Gasteiger partial charge in [0.15, 0.2) is 6.29 Å². The summed E-state index contributed by atoms with van der Waals surface area (Å²) in [5, 5.41) is 76.4. The van der Waals surface area contributed by atoms with Crippen LogP contribution in [-0.2, 0) is 14.3 Å². The second-order valence-corrected chi connectivity index (χ2v) is 23.5. The number of carbonyl (C=O) groups is 1. The second-order valence-electron chi connectivity index (χ2n) is 23.5. The molecule has 0 aromatic heterocycles. The Balaban J connectivity index is 2.23. The van der Waals surface area contributed by atoms with Gasteiger partial charge in [-0.05, 0) is 44.9 Å². The molecule has 0 aromatic rings. The van der Waals surface area contributed by atoms with Crippen LogP contribution in [-0.4, -0.2) is 110 Å². The number of hydrogen-bond donors (Lipinski definition) is 8. The van der Waals surface area contributed by atoms with Crippen molar-refractivity contribution in [1.82, 2.24) is 5.32 Å². The Hall–Kier alpha value is -1.41. The van der Waals surface area contributed by atoms with E-state index in [4.69, 9.17) is 9.47 Å². The molecule has 0 aliphatic carbocycles. The zero-order valence-electron chi connectivity index (χ0n) is 50.2. The first-order chi connectivity index (χ1) is 37.7. The molecule has 9 unspecified atom stereocenters. The number of hydrogen-bond acceptors (Lipinski definition) is 10. The maximum Gasteiger partial charge on any atom is 0.249 e. The number of rotatable bonds is 58. The van der Waals surface area contributed by atoms with Crippen molar-refractivity contribution in [2.45, 2.75) is 377 Å². The molecule has 77 heavy (non-hydrogen) atoms. The minimum Gasteiger partial charge on any atom is -0.394 e. The lowest BCUT2D eigenvalue weighted by molar-refractivity contribution is -0.303. The Morgan fingerprint density at radius 1 is 0.455 bits per heavy atom. The van der Waals surface area contributed by atoms with Crippen LogP contribution >= 0.6 is 0 Å². The van der Waals surface area contributed by atoms with Crippen molar-refractivity contribution in [2.24, 2.45) is 0 Å². The molecule has 0 bridgehead atoms. The molecule has 9 atom stereocenters. The highest BCUT2D eigenvalue weighted by atomic mass is 16.7. The van der Waals surface area contributed by atoms with Crippen LogP contribution in [0.5, 0.6) is 0 Å². The summed E-state index contributed by atoms with van der Waals surface area (Å²) in [4.78, 5) is 13.2. The highest BCUT2D eigenvalue weighted by molar-refractivity contribution is 5.80. The van der Waals surface area contributed by atoms with E-state index in [1.165, 1.54) is 238 Å². The third kappa shape index (κ3) is 43.0. The first kappa shape index (κ1) is 73.6. The average Bonchev–Trinajstić information content (AvgIpc) is 3.43. The molecule has 0 aromatic carbocycles. The van der Waals surface area contributed by atoms with Crippen LogP contribution in [0.25, 0.3) is 0 Å². The topological polar surface area (TPSA) is 189 Å². The lowest BCUT2D eigenvalue weighted by atomic mass is 9.98. The van der Waals surface area contributed by atoms with Gasteiger partial charge in [-0.15, -0.1) is 0 Å². The number of carbonyl (C=O) groups excluding carboxylic acids is 1. The van der Waals surface area contributed by atoms with E-state index in [2.05, 4.69) is 43.5 Å². The van der Waals surface area contributed by atoms with Crippen molar-refractivity contribution in [2.75, 3.05) is 13.2 Å². The molecule has 1 aliphatic heterocycles. The average molecular weight is 1090 g/mol. The van der Waals surface area contributed by atoms with Gasteiger partial charge in [-0.25, -0.2) is 0 Å². The van der Waals surface area contributed by atoms with Gasteiger partial charge in [0, 0.05) is 0 Å². The predicted octanol–water partition coefficient (Wildman–Crippen LogP) is 15.2. The van der Waals surface area contributed by atoms with Crippen LogP contribution in [0.3, 0.4) is 0 Å². The van der Waals surface area contributed by atoms with Gasteiger partial charge < -0.3 is 50.5 Å². The van der Waals surface area contributed by atoms with Crippen LogP contribution in [0.2, 0.25) is 0 Å². The first-order valence-corrected chi connectivity index (χ1v) is 33.2. The van der Waals surface area contributed by atoms with Crippen molar-refractivity contribution in [1.29, 1.82) is 0 Å². The molecule has 1 fully saturated rings. The Morgan fingerprint density at radius 3 is 1.16 bits per heavy atom. The Bertz CT molecular complexity index is 1300. The molecule has 0 spiro atoms. The molecule has 8 N–H and O–H groups in total. The summed E-state index contributed by atoms with van der Waals surface area (Å²) < 4.78 is 11.2. The quantitative estimate of drug-likeness (QED) is 0.0215. The molecule has 456 valence electrons. The van der Waals surface area contributed by atoms with Crippen molar-refractivity contribution in [3.63, 3.8) is 0 Å². The largest absolute Gasteiger partial charge is 0.394 e. The summed E-state index contributed by atoms with van der Waals surface area (Å²) in [5.74, 6) is -0.693. The van der Waals surface area contributed by atoms with E-state index in [9.17, 15) is 40.5 Å². The maximum absolute atomic E-state index is 13.2. The number of ether oxygens (including phenoxy) is 2. The van der Waals surface area contributed by atoms with E-state index in [1.54, 1.807) is 0 Å². The van der Waals surface area contributed by atoms with Crippen LogP contribution in [0.1, 0.15) is 322 Å². The minimum absolute atomic E-state index is 0.260. The van der Waals surface area contributed by atoms with E-state index in [0.29, 0.717) is 19.3 Å². The van der Waals surface area contributed by atoms with Crippen LogP contribution < -0.4 is 5.32 Å². The fourth-order valence-corrected chi connectivity index (χ4v) is 10.9. The van der Waals surface area contributed by atoms with Crippen LogP contribution in [0, 0.1) is 0 Å². The van der Waals surface area contributed by atoms with Gasteiger partial charge in [0.05, 0.1) is 25.4 Å². The van der Waals surface area contributed by atoms with E-state index in [-0.39, 0.29) is 6.42 Å². The van der Waals surface area contributed by atoms with Gasteiger partial charge in [0.2, 0.25) is 5.91 Å². The summed E-state index contributed by atoms with van der Waals surface area (Å²) in [7, 11) is 0. The van der Waals surface area contributed by atoms with Gasteiger partial charge in [-0.2, -0.15) is 0 Å². The lowest BCUT2D eigenvalue weighted by Gasteiger charge is -2.40. The molecule has 1 aliphatic rings. The van der Waals surface area contributed by atoms with Crippen molar-refractivity contribution in [3.05, 3.63) is 24.3 Å². The first-order valence-electron chi connectivity index (χ1n) is 33.2. The van der Waals surface area contributed by atoms with Gasteiger partial charge in [0.1, 0.15) is 36.6 Å². The summed E-state index contributed by atoms with van der Waals surface area (Å²) in [6.45, 7) is 3.50. The normalized spacial score (nSPS) is 19.6. The summed E-state index contributed by atoms with van der Waals surface area (Å²) in [5.41, 5.74) is 0. The summed E-state index contributed by atoms with van der Waals surface area (Å²) >= 11 is 0. The Morgan fingerprint density at radius 2 is 0.792 bits per heavy atom. The van der Waals surface area contributed by atoms with E-state index < -0.39 is 74.2 Å². The molecule has 0 radical (unpaired) electrons. The molecule has 1 amide bonds. The number of aliphatic hydroxyl groups excluding tert-OH is 7. The molecular formula is C66H127NO10. The van der Waals surface area contributed by atoms with Gasteiger partial charge in [-0.3, -0.25) is 4.79 Å². The monoisotopic (exact) mass is 1090 g/mol. The van der Waals surface area contributed by atoms with E-state index >= 15 is 0 Å². The Kier molecular flexibility index (Phi) is 52.7. The number of amides is 1. The van der Waals surface area contributed by atoms with Gasteiger partial charge in [0.25, 0.3) is 0 Å². The standard InChI is InChI=1S/C66H127NO10/c1-3-5-7-9-11-13-15-17-19-21-23-25-27-28-29-30-31-32-34-36-38-40-42-44-46-48-50-52-54-59(70)65(75)67-57(56-76-66-64(74)63(73)62(72)60(55-68)77-66)61(71)58(69)53-51-49-47-45-43-41-39-37-35-33-26-24-22-20-18-16-14-12-10-8-6-4-2/h23,25,28-29,57-64,66,68-74H,3-22,24,26-27,30-56H2,1-2H3,(H,67,75)/b25-23-,29-28-. The van der Waals surface area contributed by atoms with Gasteiger partial charge in [-0.1, -0.05) is 301 Å². The van der Waals surface area contributed by atoms with E-state index in [0.717, 1.165) is 44.9 Å². The maximum atomic E-state index is 13.2. The Labute approximate surface area is 474 Å². The van der Waals surface area contributed by atoms with Crippen LogP contribution in [0.15, 0.2) is 24.3 Å². The molecule has 1 heterocycles. The number of nitrogens with one attached hydrogen (secondary N) is 1. The molecule has 1 saturated heterocycles. The molecular weight excluding hydrogens is 967 g/mol. The fraction of sp³-hybridized carbons (Fsp3) is 0.924. The fourth-order valence-electron chi connectivity index (χ4n) is 10.9. The van der Waals surface area contributed by atoms with Crippen molar-refractivity contribution >= 4 is 5.91 Å².